The smallest absolute Gasteiger partial charge is 0.251 e. The van der Waals surface area contributed by atoms with Crippen LogP contribution in [0.4, 0.5) is 5.82 Å². The summed E-state index contributed by atoms with van der Waals surface area (Å²) < 4.78 is 0. The average molecular weight is 277 g/mol. The second-order valence-corrected chi connectivity index (χ2v) is 6.18. The number of carbonyl (C=O) groups is 1. The van der Waals surface area contributed by atoms with Gasteiger partial charge in [-0.3, -0.25) is 4.79 Å². The molecule has 0 aliphatic rings. The van der Waals surface area contributed by atoms with Crippen LogP contribution in [0.15, 0.2) is 12.1 Å². The van der Waals surface area contributed by atoms with E-state index in [9.17, 15) is 4.79 Å². The fourth-order valence-corrected chi connectivity index (χ4v) is 1.67. The van der Waals surface area contributed by atoms with Crippen molar-refractivity contribution in [3.05, 3.63) is 23.4 Å². The lowest BCUT2D eigenvalue weighted by atomic mass is 9.88. The van der Waals surface area contributed by atoms with Crippen LogP contribution in [0, 0.1) is 5.41 Å². The normalized spacial score (nSPS) is 12.9. The molecule has 1 aromatic rings. The zero-order valence-electron chi connectivity index (χ0n) is 13.5. The zero-order valence-corrected chi connectivity index (χ0v) is 13.5. The number of carbonyl (C=O) groups excluding carboxylic acids is 1. The molecule has 0 aromatic carbocycles. The zero-order chi connectivity index (χ0) is 15.3. The standard InChI is InChI=1S/C16H27N3O/c1-7-13-9-12(10-14(19-13)17-8-2)15(20)18-11(3)16(4,5)6/h9-11H,7-8H2,1-6H3,(H,17,19)(H,18,20). The largest absolute Gasteiger partial charge is 0.370 e. The third kappa shape index (κ3) is 4.51. The third-order valence-electron chi connectivity index (χ3n) is 3.51. The molecule has 1 heterocycles. The van der Waals surface area contributed by atoms with Gasteiger partial charge < -0.3 is 10.6 Å². The number of rotatable bonds is 5. The molecule has 0 radical (unpaired) electrons. The second-order valence-electron chi connectivity index (χ2n) is 6.18. The van der Waals surface area contributed by atoms with Gasteiger partial charge in [0.05, 0.1) is 0 Å². The number of aryl methyl sites for hydroxylation is 1. The van der Waals surface area contributed by atoms with E-state index in [0.29, 0.717) is 5.56 Å². The van der Waals surface area contributed by atoms with Crippen molar-refractivity contribution in [3.8, 4) is 0 Å². The van der Waals surface area contributed by atoms with Crippen LogP contribution >= 0.6 is 0 Å². The molecule has 1 unspecified atom stereocenters. The molecule has 1 amide bonds. The molecular weight excluding hydrogens is 250 g/mol. The van der Waals surface area contributed by atoms with Crippen LogP contribution in [0.5, 0.6) is 0 Å². The van der Waals surface area contributed by atoms with Crippen LogP contribution in [0.25, 0.3) is 0 Å². The maximum atomic E-state index is 12.4. The number of nitrogens with zero attached hydrogens (tertiary/aromatic N) is 1. The van der Waals surface area contributed by atoms with E-state index in [2.05, 4.69) is 36.4 Å². The molecule has 0 saturated heterocycles. The molecule has 4 heteroatoms. The summed E-state index contributed by atoms with van der Waals surface area (Å²) in [6, 6.07) is 3.79. The van der Waals surface area contributed by atoms with Gasteiger partial charge in [-0.1, -0.05) is 27.7 Å². The molecule has 4 nitrogen and oxygen atoms in total. The number of hydrogen-bond acceptors (Lipinski definition) is 3. The molecule has 0 bridgehead atoms. The minimum atomic E-state index is -0.0383. The van der Waals surface area contributed by atoms with E-state index >= 15 is 0 Å². The highest BCUT2D eigenvalue weighted by molar-refractivity contribution is 5.95. The van der Waals surface area contributed by atoms with Gasteiger partial charge in [-0.15, -0.1) is 0 Å². The lowest BCUT2D eigenvalue weighted by molar-refractivity contribution is 0.0910. The van der Waals surface area contributed by atoms with Crippen LogP contribution in [0.2, 0.25) is 0 Å². The van der Waals surface area contributed by atoms with Crippen molar-refractivity contribution in [3.63, 3.8) is 0 Å². The van der Waals surface area contributed by atoms with Gasteiger partial charge in [0, 0.05) is 23.8 Å². The first kappa shape index (κ1) is 16.5. The summed E-state index contributed by atoms with van der Waals surface area (Å²) in [5.74, 6) is 0.726. The summed E-state index contributed by atoms with van der Waals surface area (Å²) in [5, 5.41) is 6.23. The van der Waals surface area contributed by atoms with E-state index in [1.165, 1.54) is 0 Å². The Morgan fingerprint density at radius 2 is 1.95 bits per heavy atom. The van der Waals surface area contributed by atoms with Crippen molar-refractivity contribution >= 4 is 11.7 Å². The highest BCUT2D eigenvalue weighted by Gasteiger charge is 2.22. The Morgan fingerprint density at radius 3 is 2.45 bits per heavy atom. The Kier molecular flexibility index (Phi) is 5.54. The molecule has 112 valence electrons. The minimum absolute atomic E-state index is 0.0383. The first-order valence-electron chi connectivity index (χ1n) is 7.33. The minimum Gasteiger partial charge on any atom is -0.370 e. The monoisotopic (exact) mass is 277 g/mol. The predicted molar refractivity (Wildman–Crippen MR) is 84.2 cm³/mol. The number of anilines is 1. The highest BCUT2D eigenvalue weighted by Crippen LogP contribution is 2.19. The van der Waals surface area contributed by atoms with Crippen LogP contribution in [-0.4, -0.2) is 23.5 Å². The van der Waals surface area contributed by atoms with Gasteiger partial charge in [0.2, 0.25) is 0 Å². The van der Waals surface area contributed by atoms with E-state index in [0.717, 1.165) is 24.5 Å². The van der Waals surface area contributed by atoms with E-state index in [1.54, 1.807) is 0 Å². The van der Waals surface area contributed by atoms with Crippen molar-refractivity contribution in [2.75, 3.05) is 11.9 Å². The Labute approximate surface area is 122 Å². The number of hydrogen-bond donors (Lipinski definition) is 2. The van der Waals surface area contributed by atoms with Gasteiger partial charge in [0.25, 0.3) is 5.91 Å². The van der Waals surface area contributed by atoms with Gasteiger partial charge in [0.1, 0.15) is 5.82 Å². The molecule has 0 aliphatic carbocycles. The molecule has 0 spiro atoms. The molecule has 0 aliphatic heterocycles. The van der Waals surface area contributed by atoms with Crippen molar-refractivity contribution in [2.24, 2.45) is 5.41 Å². The first-order chi connectivity index (χ1) is 9.27. The van der Waals surface area contributed by atoms with Crippen LogP contribution in [0.3, 0.4) is 0 Å². The van der Waals surface area contributed by atoms with E-state index in [1.807, 2.05) is 32.9 Å². The molecule has 1 rings (SSSR count). The summed E-state index contributed by atoms with van der Waals surface area (Å²) in [6.07, 6.45) is 0.814. The molecule has 2 N–H and O–H groups in total. The predicted octanol–water partition coefficient (Wildman–Crippen LogP) is 3.24. The van der Waals surface area contributed by atoms with Crippen molar-refractivity contribution in [1.29, 1.82) is 0 Å². The van der Waals surface area contributed by atoms with Gasteiger partial charge in [-0.25, -0.2) is 4.98 Å². The third-order valence-corrected chi connectivity index (χ3v) is 3.51. The van der Waals surface area contributed by atoms with E-state index in [-0.39, 0.29) is 17.4 Å². The summed E-state index contributed by atoms with van der Waals surface area (Å²) in [7, 11) is 0. The Morgan fingerprint density at radius 1 is 1.30 bits per heavy atom. The van der Waals surface area contributed by atoms with Crippen molar-refractivity contribution < 1.29 is 4.79 Å². The summed E-state index contributed by atoms with van der Waals surface area (Å²) in [6.45, 7) is 13.2. The van der Waals surface area contributed by atoms with Crippen molar-refractivity contribution in [2.45, 2.75) is 54.0 Å². The van der Waals surface area contributed by atoms with Gasteiger partial charge >= 0.3 is 0 Å². The molecular formula is C16H27N3O. The van der Waals surface area contributed by atoms with Crippen LogP contribution in [0.1, 0.15) is 57.6 Å². The fourth-order valence-electron chi connectivity index (χ4n) is 1.67. The molecule has 1 aromatic heterocycles. The molecule has 0 fully saturated rings. The Bertz CT molecular complexity index is 463. The summed E-state index contributed by atoms with van der Waals surface area (Å²) in [4.78, 5) is 16.8. The van der Waals surface area contributed by atoms with Crippen LogP contribution < -0.4 is 10.6 Å². The van der Waals surface area contributed by atoms with Gasteiger partial charge in [0.15, 0.2) is 0 Å². The SMILES string of the molecule is CCNc1cc(C(=O)NC(C)C(C)(C)C)cc(CC)n1. The van der Waals surface area contributed by atoms with Crippen molar-refractivity contribution in [1.82, 2.24) is 10.3 Å². The number of amides is 1. The summed E-state index contributed by atoms with van der Waals surface area (Å²) in [5.41, 5.74) is 1.64. The van der Waals surface area contributed by atoms with Crippen LogP contribution in [-0.2, 0) is 6.42 Å². The first-order valence-corrected chi connectivity index (χ1v) is 7.33. The number of pyridine rings is 1. The fraction of sp³-hybridized carbons (Fsp3) is 0.625. The number of aromatic nitrogens is 1. The number of nitrogens with one attached hydrogen (secondary N) is 2. The quantitative estimate of drug-likeness (QED) is 0.868. The Hall–Kier alpha value is -1.58. The molecule has 0 saturated carbocycles. The maximum absolute atomic E-state index is 12.4. The lowest BCUT2D eigenvalue weighted by Gasteiger charge is -2.28. The van der Waals surface area contributed by atoms with Gasteiger partial charge in [-0.2, -0.15) is 0 Å². The van der Waals surface area contributed by atoms with Gasteiger partial charge in [-0.05, 0) is 37.8 Å². The highest BCUT2D eigenvalue weighted by atomic mass is 16.1. The molecule has 20 heavy (non-hydrogen) atoms. The molecule has 1 atom stereocenters. The average Bonchev–Trinajstić information content (AvgIpc) is 2.37. The lowest BCUT2D eigenvalue weighted by Crippen LogP contribution is -2.41. The second kappa shape index (κ2) is 6.73. The van der Waals surface area contributed by atoms with E-state index < -0.39 is 0 Å². The maximum Gasteiger partial charge on any atom is 0.251 e. The van der Waals surface area contributed by atoms with E-state index in [4.69, 9.17) is 0 Å². The Balaban J connectivity index is 2.94. The summed E-state index contributed by atoms with van der Waals surface area (Å²) >= 11 is 0. The topological polar surface area (TPSA) is 54.0 Å².